The molecule has 3 nitrogen and oxygen atoms in total. The van der Waals surface area contributed by atoms with Crippen molar-refractivity contribution in [2.24, 2.45) is 11.7 Å². The summed E-state index contributed by atoms with van der Waals surface area (Å²) in [5.74, 6) is 0.735. The van der Waals surface area contributed by atoms with Crippen LogP contribution >= 0.6 is 0 Å². The van der Waals surface area contributed by atoms with Crippen LogP contribution in [-0.4, -0.2) is 18.5 Å². The molecule has 0 aliphatic carbocycles. The first kappa shape index (κ1) is 17.7. The van der Waals surface area contributed by atoms with Gasteiger partial charge in [-0.05, 0) is 56.7 Å². The Morgan fingerprint density at radius 2 is 2.00 bits per heavy atom. The Bertz CT molecular complexity index is 431. The Morgan fingerprint density at radius 1 is 1.29 bits per heavy atom. The third kappa shape index (κ3) is 6.76. The van der Waals surface area contributed by atoms with E-state index in [1.165, 1.54) is 11.1 Å². The number of carbonyl (C=O) groups is 1. The number of amides is 1. The Kier molecular flexibility index (Phi) is 8.06. The van der Waals surface area contributed by atoms with Crippen LogP contribution in [0.1, 0.15) is 50.7 Å². The van der Waals surface area contributed by atoms with Gasteiger partial charge in [0.1, 0.15) is 0 Å². The average Bonchev–Trinajstić information content (AvgIpc) is 2.45. The van der Waals surface area contributed by atoms with Crippen LogP contribution in [0.25, 0.3) is 0 Å². The van der Waals surface area contributed by atoms with Crippen LogP contribution < -0.4 is 11.1 Å². The maximum Gasteiger partial charge on any atom is 0.220 e. The monoisotopic (exact) mass is 290 g/mol. The summed E-state index contributed by atoms with van der Waals surface area (Å²) in [4.78, 5) is 12.0. The lowest BCUT2D eigenvalue weighted by molar-refractivity contribution is -0.122. The Balaban J connectivity index is 2.35. The number of carbonyl (C=O) groups excluding carboxylic acids is 1. The Labute approximate surface area is 129 Å². The minimum absolute atomic E-state index is 0.159. The smallest absolute Gasteiger partial charge is 0.220 e. The van der Waals surface area contributed by atoms with Gasteiger partial charge in [0.25, 0.3) is 0 Å². The van der Waals surface area contributed by atoms with Gasteiger partial charge in [-0.15, -0.1) is 0 Å². The first-order chi connectivity index (χ1) is 10.1. The van der Waals surface area contributed by atoms with Gasteiger partial charge in [0.15, 0.2) is 0 Å². The van der Waals surface area contributed by atoms with Crippen molar-refractivity contribution >= 4 is 5.91 Å². The van der Waals surface area contributed by atoms with E-state index < -0.39 is 0 Å². The normalized spacial score (nSPS) is 13.7. The maximum absolute atomic E-state index is 12.0. The van der Waals surface area contributed by atoms with E-state index >= 15 is 0 Å². The van der Waals surface area contributed by atoms with Crippen molar-refractivity contribution in [3.05, 3.63) is 35.4 Å². The van der Waals surface area contributed by atoms with E-state index in [2.05, 4.69) is 44.3 Å². The molecule has 0 aliphatic heterocycles. The zero-order valence-electron chi connectivity index (χ0n) is 13.7. The number of hydrogen-bond donors (Lipinski definition) is 2. The molecule has 118 valence electrons. The van der Waals surface area contributed by atoms with Crippen molar-refractivity contribution in [2.45, 2.75) is 58.9 Å². The maximum atomic E-state index is 12.0. The van der Waals surface area contributed by atoms with Crippen molar-refractivity contribution in [1.29, 1.82) is 0 Å². The zero-order chi connectivity index (χ0) is 15.7. The molecule has 2 atom stereocenters. The molecule has 0 fully saturated rings. The lowest BCUT2D eigenvalue weighted by atomic mass is 9.96. The molecule has 1 aromatic rings. The molecule has 0 aromatic heterocycles. The van der Waals surface area contributed by atoms with E-state index in [9.17, 15) is 4.79 Å². The van der Waals surface area contributed by atoms with Crippen molar-refractivity contribution in [3.63, 3.8) is 0 Å². The van der Waals surface area contributed by atoms with Gasteiger partial charge in [-0.1, -0.05) is 37.6 Å². The first-order valence-corrected chi connectivity index (χ1v) is 8.10. The molecule has 0 heterocycles. The molecule has 21 heavy (non-hydrogen) atoms. The van der Waals surface area contributed by atoms with Gasteiger partial charge < -0.3 is 11.1 Å². The fraction of sp³-hybridized carbons (Fsp3) is 0.611. The molecule has 1 aromatic carbocycles. The van der Waals surface area contributed by atoms with Crippen LogP contribution in [-0.2, 0) is 11.2 Å². The standard InChI is InChI=1S/C18H30N2O/c1-4-16(11-12-19)9-10-18(21)20-15(3)13-17-8-6-5-7-14(17)2/h5-8,15-16H,4,9-13,19H2,1-3H3,(H,20,21). The number of rotatable bonds is 9. The third-order valence-corrected chi connectivity index (χ3v) is 4.13. The van der Waals surface area contributed by atoms with Gasteiger partial charge in [0, 0.05) is 12.5 Å². The summed E-state index contributed by atoms with van der Waals surface area (Å²) in [7, 11) is 0. The largest absolute Gasteiger partial charge is 0.353 e. The number of nitrogens with two attached hydrogens (primary N) is 1. The van der Waals surface area contributed by atoms with Crippen molar-refractivity contribution in [1.82, 2.24) is 5.32 Å². The second kappa shape index (κ2) is 9.56. The van der Waals surface area contributed by atoms with Crippen LogP contribution in [0.3, 0.4) is 0 Å². The van der Waals surface area contributed by atoms with E-state index in [4.69, 9.17) is 5.73 Å². The molecule has 0 saturated carbocycles. The Morgan fingerprint density at radius 3 is 2.62 bits per heavy atom. The topological polar surface area (TPSA) is 55.1 Å². The predicted molar refractivity (Wildman–Crippen MR) is 89.2 cm³/mol. The van der Waals surface area contributed by atoms with Crippen molar-refractivity contribution in [2.75, 3.05) is 6.54 Å². The molecule has 0 bridgehead atoms. The Hall–Kier alpha value is -1.35. The molecule has 1 rings (SSSR count). The van der Waals surface area contributed by atoms with Gasteiger partial charge in [-0.3, -0.25) is 4.79 Å². The lowest BCUT2D eigenvalue weighted by Crippen LogP contribution is -2.34. The van der Waals surface area contributed by atoms with Crippen molar-refractivity contribution in [3.8, 4) is 0 Å². The minimum Gasteiger partial charge on any atom is -0.353 e. The van der Waals surface area contributed by atoms with Gasteiger partial charge in [-0.2, -0.15) is 0 Å². The molecule has 0 aliphatic rings. The fourth-order valence-corrected chi connectivity index (χ4v) is 2.69. The second-order valence-electron chi connectivity index (χ2n) is 5.99. The third-order valence-electron chi connectivity index (χ3n) is 4.13. The molecular weight excluding hydrogens is 260 g/mol. The first-order valence-electron chi connectivity index (χ1n) is 8.10. The van der Waals surface area contributed by atoms with E-state index in [1.54, 1.807) is 0 Å². The minimum atomic E-state index is 0.159. The van der Waals surface area contributed by atoms with Crippen LogP contribution in [0.5, 0.6) is 0 Å². The highest BCUT2D eigenvalue weighted by molar-refractivity contribution is 5.76. The summed E-state index contributed by atoms with van der Waals surface area (Å²) >= 11 is 0. The summed E-state index contributed by atoms with van der Waals surface area (Å²) < 4.78 is 0. The van der Waals surface area contributed by atoms with E-state index in [0.717, 1.165) is 25.7 Å². The summed E-state index contributed by atoms with van der Waals surface area (Å²) in [5, 5.41) is 3.11. The number of nitrogens with one attached hydrogen (secondary N) is 1. The van der Waals surface area contributed by atoms with E-state index in [0.29, 0.717) is 18.9 Å². The van der Waals surface area contributed by atoms with Gasteiger partial charge >= 0.3 is 0 Å². The quantitative estimate of drug-likeness (QED) is 0.734. The molecule has 1 amide bonds. The average molecular weight is 290 g/mol. The van der Waals surface area contributed by atoms with Gasteiger partial charge in [-0.25, -0.2) is 0 Å². The molecule has 0 spiro atoms. The molecule has 3 N–H and O–H groups in total. The predicted octanol–water partition coefficient (Wildman–Crippen LogP) is 3.20. The van der Waals surface area contributed by atoms with Crippen molar-refractivity contribution < 1.29 is 4.79 Å². The van der Waals surface area contributed by atoms with Crippen LogP contribution in [0.4, 0.5) is 0 Å². The molecule has 0 radical (unpaired) electrons. The molecule has 0 saturated heterocycles. The number of benzene rings is 1. The van der Waals surface area contributed by atoms with Gasteiger partial charge in [0.2, 0.25) is 5.91 Å². The SMILES string of the molecule is CCC(CCN)CCC(=O)NC(C)Cc1ccccc1C. The van der Waals surface area contributed by atoms with Gasteiger partial charge in [0.05, 0.1) is 0 Å². The number of hydrogen-bond acceptors (Lipinski definition) is 2. The number of aryl methyl sites for hydroxylation is 1. The van der Waals surface area contributed by atoms with Crippen LogP contribution in [0.2, 0.25) is 0 Å². The summed E-state index contributed by atoms with van der Waals surface area (Å²) in [6.07, 6.45) is 4.55. The fourth-order valence-electron chi connectivity index (χ4n) is 2.69. The highest BCUT2D eigenvalue weighted by atomic mass is 16.1. The highest BCUT2D eigenvalue weighted by Gasteiger charge is 2.12. The molecule has 3 heteroatoms. The molecular formula is C18H30N2O. The summed E-state index contributed by atoms with van der Waals surface area (Å²) in [5.41, 5.74) is 8.18. The molecule has 2 unspecified atom stereocenters. The second-order valence-corrected chi connectivity index (χ2v) is 5.99. The van der Waals surface area contributed by atoms with E-state index in [1.807, 2.05) is 6.07 Å². The summed E-state index contributed by atoms with van der Waals surface area (Å²) in [6.45, 7) is 7.06. The van der Waals surface area contributed by atoms with Crippen LogP contribution in [0, 0.1) is 12.8 Å². The van der Waals surface area contributed by atoms with E-state index in [-0.39, 0.29) is 11.9 Å². The van der Waals surface area contributed by atoms with Crippen LogP contribution in [0.15, 0.2) is 24.3 Å². The highest BCUT2D eigenvalue weighted by Crippen LogP contribution is 2.15. The summed E-state index contributed by atoms with van der Waals surface area (Å²) in [6, 6.07) is 8.52. The lowest BCUT2D eigenvalue weighted by Gasteiger charge is -2.17. The zero-order valence-corrected chi connectivity index (χ0v) is 13.7.